The number of unbranched alkanes of at least 4 members (excludes halogenated alkanes) is 1. The van der Waals surface area contributed by atoms with Gasteiger partial charge in [0.2, 0.25) is 0 Å². The zero-order valence-electron chi connectivity index (χ0n) is 9.43. The lowest BCUT2D eigenvalue weighted by Gasteiger charge is -2.09. The van der Waals surface area contributed by atoms with Crippen LogP contribution in [0.2, 0.25) is 0 Å². The maximum absolute atomic E-state index is 5.42. The minimum Gasteiger partial charge on any atom is -0.379 e. The van der Waals surface area contributed by atoms with Crippen molar-refractivity contribution in [3.8, 4) is 0 Å². The van der Waals surface area contributed by atoms with Crippen molar-refractivity contribution in [1.29, 1.82) is 0 Å². The van der Waals surface area contributed by atoms with E-state index in [-0.39, 0.29) is 0 Å². The Morgan fingerprint density at radius 3 is 2.57 bits per heavy atom. The highest BCUT2D eigenvalue weighted by Crippen LogP contribution is 1.93. The summed E-state index contributed by atoms with van der Waals surface area (Å²) in [5, 5.41) is 6.93. The summed E-state index contributed by atoms with van der Waals surface area (Å²) < 4.78 is 5.42. The van der Waals surface area contributed by atoms with E-state index < -0.39 is 0 Å². The molecule has 0 unspecified atom stereocenters. The highest BCUT2D eigenvalue weighted by Gasteiger charge is 1.94. The minimum atomic E-state index is 0.339. The molecule has 0 fully saturated rings. The Hall–Kier alpha value is -0.350. The van der Waals surface area contributed by atoms with E-state index in [2.05, 4.69) is 24.5 Å². The lowest BCUT2D eigenvalue weighted by molar-refractivity contribution is 0.0762. The average Bonchev–Trinajstić information content (AvgIpc) is 2.11. The van der Waals surface area contributed by atoms with Crippen LogP contribution in [0.3, 0.4) is 0 Å². The van der Waals surface area contributed by atoms with Gasteiger partial charge in [0.25, 0.3) is 0 Å². The molecular formula is C10H22N2OS. The summed E-state index contributed by atoms with van der Waals surface area (Å²) in [7, 11) is 0. The molecule has 0 rings (SSSR count). The predicted octanol–water partition coefficient (Wildman–Crippen LogP) is 1.68. The zero-order valence-corrected chi connectivity index (χ0v) is 10.2. The molecule has 0 bridgehead atoms. The molecule has 0 aliphatic rings. The molecule has 0 heterocycles. The van der Waals surface area contributed by atoms with Gasteiger partial charge in [0, 0.05) is 19.7 Å². The van der Waals surface area contributed by atoms with Gasteiger partial charge in [-0.25, -0.2) is 0 Å². The van der Waals surface area contributed by atoms with Crippen LogP contribution >= 0.6 is 12.2 Å². The van der Waals surface area contributed by atoms with Crippen molar-refractivity contribution in [3.63, 3.8) is 0 Å². The van der Waals surface area contributed by atoms with Crippen molar-refractivity contribution in [2.24, 2.45) is 0 Å². The van der Waals surface area contributed by atoms with Gasteiger partial charge >= 0.3 is 0 Å². The molecule has 84 valence electrons. The molecule has 4 heteroatoms. The van der Waals surface area contributed by atoms with Crippen LogP contribution in [0.4, 0.5) is 0 Å². The van der Waals surface area contributed by atoms with E-state index in [9.17, 15) is 0 Å². The van der Waals surface area contributed by atoms with E-state index >= 15 is 0 Å². The summed E-state index contributed by atoms with van der Waals surface area (Å²) in [5.74, 6) is 0. The number of rotatable bonds is 7. The SMILES string of the molecule is CCNC(=S)NCCCCOC(C)C. The van der Waals surface area contributed by atoms with Crippen molar-refractivity contribution in [1.82, 2.24) is 10.6 Å². The van der Waals surface area contributed by atoms with Crippen LogP contribution in [0.1, 0.15) is 33.6 Å². The second kappa shape index (κ2) is 9.21. The first-order valence-electron chi connectivity index (χ1n) is 5.30. The lowest BCUT2D eigenvalue weighted by Crippen LogP contribution is -2.35. The van der Waals surface area contributed by atoms with Crippen LogP contribution in [0.25, 0.3) is 0 Å². The van der Waals surface area contributed by atoms with Crippen LogP contribution in [-0.4, -0.2) is 30.9 Å². The fraction of sp³-hybridized carbons (Fsp3) is 0.900. The van der Waals surface area contributed by atoms with Crippen LogP contribution < -0.4 is 10.6 Å². The minimum absolute atomic E-state index is 0.339. The van der Waals surface area contributed by atoms with Crippen LogP contribution in [0.5, 0.6) is 0 Å². The van der Waals surface area contributed by atoms with Gasteiger partial charge in [-0.3, -0.25) is 0 Å². The van der Waals surface area contributed by atoms with Crippen LogP contribution in [0, 0.1) is 0 Å². The molecule has 0 spiro atoms. The third-order valence-electron chi connectivity index (χ3n) is 1.65. The normalized spacial score (nSPS) is 10.3. The molecule has 0 aliphatic carbocycles. The van der Waals surface area contributed by atoms with Gasteiger partial charge < -0.3 is 15.4 Å². The highest BCUT2D eigenvalue weighted by atomic mass is 32.1. The highest BCUT2D eigenvalue weighted by molar-refractivity contribution is 7.80. The fourth-order valence-electron chi connectivity index (χ4n) is 0.971. The first kappa shape index (κ1) is 13.7. The Morgan fingerprint density at radius 1 is 1.29 bits per heavy atom. The van der Waals surface area contributed by atoms with Crippen molar-refractivity contribution in [2.45, 2.75) is 39.7 Å². The Bertz CT molecular complexity index is 151. The van der Waals surface area contributed by atoms with E-state index in [1.54, 1.807) is 0 Å². The maximum Gasteiger partial charge on any atom is 0.166 e. The quantitative estimate of drug-likeness (QED) is 0.503. The first-order valence-corrected chi connectivity index (χ1v) is 5.71. The number of nitrogens with one attached hydrogen (secondary N) is 2. The number of thiocarbonyl (C=S) groups is 1. The third kappa shape index (κ3) is 9.74. The molecule has 0 saturated heterocycles. The fourth-order valence-corrected chi connectivity index (χ4v) is 1.22. The van der Waals surface area contributed by atoms with Gasteiger partial charge in [-0.2, -0.15) is 0 Å². The van der Waals surface area contributed by atoms with Gasteiger partial charge in [0.1, 0.15) is 0 Å². The molecule has 0 aromatic rings. The van der Waals surface area contributed by atoms with Crippen molar-refractivity contribution < 1.29 is 4.74 Å². The van der Waals surface area contributed by atoms with Gasteiger partial charge in [-0.1, -0.05) is 0 Å². The molecule has 14 heavy (non-hydrogen) atoms. The van der Waals surface area contributed by atoms with Crippen LogP contribution in [0.15, 0.2) is 0 Å². The predicted molar refractivity (Wildman–Crippen MR) is 64.6 cm³/mol. The average molecular weight is 218 g/mol. The van der Waals surface area contributed by atoms with Gasteiger partial charge in [-0.15, -0.1) is 0 Å². The summed E-state index contributed by atoms with van der Waals surface area (Å²) in [6.07, 6.45) is 2.52. The largest absolute Gasteiger partial charge is 0.379 e. The standard InChI is InChI=1S/C10H22N2OS/c1-4-11-10(14)12-7-5-6-8-13-9(2)3/h9H,4-8H2,1-3H3,(H2,11,12,14). The summed E-state index contributed by atoms with van der Waals surface area (Å²) in [5.41, 5.74) is 0. The van der Waals surface area contributed by atoms with Gasteiger partial charge in [-0.05, 0) is 45.8 Å². The molecule has 0 aliphatic heterocycles. The third-order valence-corrected chi connectivity index (χ3v) is 1.93. The second-order valence-electron chi connectivity index (χ2n) is 3.41. The molecular weight excluding hydrogens is 196 g/mol. The molecule has 3 nitrogen and oxygen atoms in total. The molecule has 0 aromatic carbocycles. The number of hydrogen-bond acceptors (Lipinski definition) is 2. The molecule has 2 N–H and O–H groups in total. The van der Waals surface area contributed by atoms with Crippen molar-refractivity contribution >= 4 is 17.3 Å². The Kier molecular flexibility index (Phi) is 8.98. The monoisotopic (exact) mass is 218 g/mol. The van der Waals surface area contributed by atoms with Gasteiger partial charge in [0.15, 0.2) is 5.11 Å². The van der Waals surface area contributed by atoms with E-state index in [1.165, 1.54) is 0 Å². The second-order valence-corrected chi connectivity index (χ2v) is 3.82. The Morgan fingerprint density at radius 2 is 2.00 bits per heavy atom. The summed E-state index contributed by atoms with van der Waals surface area (Å²) in [4.78, 5) is 0. The van der Waals surface area contributed by atoms with E-state index in [0.29, 0.717) is 6.10 Å². The topological polar surface area (TPSA) is 33.3 Å². The summed E-state index contributed by atoms with van der Waals surface area (Å²) >= 11 is 5.02. The van der Waals surface area contributed by atoms with E-state index in [0.717, 1.165) is 37.7 Å². The number of hydrogen-bond donors (Lipinski definition) is 2. The molecule has 0 radical (unpaired) electrons. The molecule has 0 saturated carbocycles. The van der Waals surface area contributed by atoms with Crippen molar-refractivity contribution in [3.05, 3.63) is 0 Å². The smallest absolute Gasteiger partial charge is 0.166 e. The molecule has 0 atom stereocenters. The Balaban J connectivity index is 3.09. The van der Waals surface area contributed by atoms with Crippen molar-refractivity contribution in [2.75, 3.05) is 19.7 Å². The molecule has 0 amide bonds. The maximum atomic E-state index is 5.42. The van der Waals surface area contributed by atoms with Crippen LogP contribution in [-0.2, 0) is 4.74 Å². The zero-order chi connectivity index (χ0) is 10.8. The summed E-state index contributed by atoms with van der Waals surface area (Å²) in [6, 6.07) is 0. The number of ether oxygens (including phenoxy) is 1. The lowest BCUT2D eigenvalue weighted by atomic mass is 10.3. The Labute approximate surface area is 92.6 Å². The van der Waals surface area contributed by atoms with Gasteiger partial charge in [0.05, 0.1) is 6.10 Å². The first-order chi connectivity index (χ1) is 6.66. The summed E-state index contributed by atoms with van der Waals surface area (Å²) in [6.45, 7) is 8.78. The molecule has 0 aromatic heterocycles. The van der Waals surface area contributed by atoms with E-state index in [4.69, 9.17) is 17.0 Å². The van der Waals surface area contributed by atoms with E-state index in [1.807, 2.05) is 6.92 Å².